The highest BCUT2D eigenvalue weighted by atomic mass is 16.5. The van der Waals surface area contributed by atoms with Crippen molar-refractivity contribution in [3.63, 3.8) is 0 Å². The number of nitrogens with one attached hydrogen (secondary N) is 1. The largest absolute Gasteiger partial charge is 0.491 e. The first kappa shape index (κ1) is 13.0. The monoisotopic (exact) mass is 221 g/mol. The standard InChI is InChI=1S/C14H23NO/c1-11(2)16-13-8-6-12(7-9-13)10-15-14(3,4)5/h6-9,11,15H,10H2,1-5H3. The van der Waals surface area contributed by atoms with E-state index in [0.29, 0.717) is 0 Å². The topological polar surface area (TPSA) is 21.3 Å². The highest BCUT2D eigenvalue weighted by Gasteiger charge is 2.08. The molecule has 2 heteroatoms. The first-order valence-electron chi connectivity index (χ1n) is 5.87. The minimum Gasteiger partial charge on any atom is -0.491 e. The Morgan fingerprint density at radius 2 is 1.69 bits per heavy atom. The van der Waals surface area contributed by atoms with Crippen molar-refractivity contribution in [3.05, 3.63) is 29.8 Å². The van der Waals surface area contributed by atoms with Crippen molar-refractivity contribution in [1.29, 1.82) is 0 Å². The van der Waals surface area contributed by atoms with Crippen LogP contribution in [0.2, 0.25) is 0 Å². The lowest BCUT2D eigenvalue weighted by molar-refractivity contribution is 0.242. The molecule has 0 saturated carbocycles. The van der Waals surface area contributed by atoms with Crippen LogP contribution < -0.4 is 10.1 Å². The second-order valence-corrected chi connectivity index (χ2v) is 5.41. The molecule has 1 N–H and O–H groups in total. The zero-order valence-electron chi connectivity index (χ0n) is 11.0. The summed E-state index contributed by atoms with van der Waals surface area (Å²) in [6, 6.07) is 8.27. The Morgan fingerprint density at radius 3 is 2.12 bits per heavy atom. The highest BCUT2D eigenvalue weighted by Crippen LogP contribution is 2.14. The summed E-state index contributed by atoms with van der Waals surface area (Å²) in [5, 5.41) is 3.46. The molecule has 0 amide bonds. The number of ether oxygens (including phenoxy) is 1. The van der Waals surface area contributed by atoms with Crippen molar-refractivity contribution in [2.24, 2.45) is 0 Å². The molecule has 0 saturated heterocycles. The van der Waals surface area contributed by atoms with Gasteiger partial charge in [-0.15, -0.1) is 0 Å². The van der Waals surface area contributed by atoms with Crippen molar-refractivity contribution in [3.8, 4) is 5.75 Å². The summed E-state index contributed by atoms with van der Waals surface area (Å²) in [5.41, 5.74) is 1.44. The van der Waals surface area contributed by atoms with E-state index in [1.165, 1.54) is 5.56 Å². The molecule has 0 bridgehead atoms. The summed E-state index contributed by atoms with van der Waals surface area (Å²) in [7, 11) is 0. The molecule has 2 nitrogen and oxygen atoms in total. The predicted octanol–water partition coefficient (Wildman–Crippen LogP) is 3.36. The van der Waals surface area contributed by atoms with Crippen LogP contribution in [0.5, 0.6) is 5.75 Å². The van der Waals surface area contributed by atoms with E-state index >= 15 is 0 Å². The number of hydrogen-bond acceptors (Lipinski definition) is 2. The van der Waals surface area contributed by atoms with Gasteiger partial charge in [-0.1, -0.05) is 12.1 Å². The van der Waals surface area contributed by atoms with Crippen LogP contribution in [0.25, 0.3) is 0 Å². The second-order valence-electron chi connectivity index (χ2n) is 5.41. The SMILES string of the molecule is CC(C)Oc1ccc(CNC(C)(C)C)cc1. The predicted molar refractivity (Wildman–Crippen MR) is 68.8 cm³/mol. The summed E-state index contributed by atoms with van der Waals surface area (Å²) >= 11 is 0. The zero-order chi connectivity index (χ0) is 12.2. The van der Waals surface area contributed by atoms with Gasteiger partial charge in [-0.25, -0.2) is 0 Å². The third kappa shape index (κ3) is 5.17. The van der Waals surface area contributed by atoms with Gasteiger partial charge < -0.3 is 10.1 Å². The molecule has 0 fully saturated rings. The average Bonchev–Trinajstić information content (AvgIpc) is 2.14. The van der Waals surface area contributed by atoms with Gasteiger partial charge in [-0.3, -0.25) is 0 Å². The van der Waals surface area contributed by atoms with E-state index in [4.69, 9.17) is 4.74 Å². The third-order valence-corrected chi connectivity index (χ3v) is 2.12. The molecule has 1 aromatic carbocycles. The molecule has 0 aromatic heterocycles. The fourth-order valence-electron chi connectivity index (χ4n) is 1.33. The Balaban J connectivity index is 2.51. The summed E-state index contributed by atoms with van der Waals surface area (Å²) < 4.78 is 5.59. The lowest BCUT2D eigenvalue weighted by atomic mass is 10.1. The van der Waals surface area contributed by atoms with Crippen molar-refractivity contribution < 1.29 is 4.74 Å². The maximum absolute atomic E-state index is 5.59. The molecule has 0 aliphatic rings. The number of hydrogen-bond donors (Lipinski definition) is 1. The van der Waals surface area contributed by atoms with E-state index in [2.05, 4.69) is 38.2 Å². The van der Waals surface area contributed by atoms with Crippen molar-refractivity contribution in [2.45, 2.75) is 52.8 Å². The van der Waals surface area contributed by atoms with Crippen molar-refractivity contribution in [1.82, 2.24) is 5.32 Å². The summed E-state index contributed by atoms with van der Waals surface area (Å²) in [6.45, 7) is 11.5. The molecule has 0 spiro atoms. The molecule has 1 aromatic rings. The van der Waals surface area contributed by atoms with Crippen LogP contribution in [-0.2, 0) is 6.54 Å². The van der Waals surface area contributed by atoms with Crippen LogP contribution in [0.1, 0.15) is 40.2 Å². The molecule has 0 radical (unpaired) electrons. The van der Waals surface area contributed by atoms with E-state index in [0.717, 1.165) is 12.3 Å². The fourth-order valence-corrected chi connectivity index (χ4v) is 1.33. The van der Waals surface area contributed by atoms with Crippen LogP contribution >= 0.6 is 0 Å². The smallest absolute Gasteiger partial charge is 0.119 e. The Hall–Kier alpha value is -1.02. The summed E-state index contributed by atoms with van der Waals surface area (Å²) in [5.74, 6) is 0.939. The molecule has 1 rings (SSSR count). The Bertz CT molecular complexity index is 309. The second kappa shape index (κ2) is 5.35. The van der Waals surface area contributed by atoms with Gasteiger partial charge in [0.25, 0.3) is 0 Å². The van der Waals surface area contributed by atoms with E-state index in [9.17, 15) is 0 Å². The van der Waals surface area contributed by atoms with E-state index in [-0.39, 0.29) is 11.6 Å². The maximum Gasteiger partial charge on any atom is 0.119 e. The molecule has 0 aliphatic carbocycles. The molecule has 0 heterocycles. The van der Waals surface area contributed by atoms with Crippen molar-refractivity contribution in [2.75, 3.05) is 0 Å². The minimum absolute atomic E-state index is 0.160. The molecule has 90 valence electrons. The molecular weight excluding hydrogens is 198 g/mol. The van der Waals surface area contributed by atoms with Crippen LogP contribution in [-0.4, -0.2) is 11.6 Å². The fraction of sp³-hybridized carbons (Fsp3) is 0.571. The molecule has 0 atom stereocenters. The third-order valence-electron chi connectivity index (χ3n) is 2.12. The van der Waals surface area contributed by atoms with E-state index in [1.807, 2.05) is 26.0 Å². The van der Waals surface area contributed by atoms with Gasteiger partial charge in [0.1, 0.15) is 5.75 Å². The van der Waals surface area contributed by atoms with Crippen LogP contribution in [0.4, 0.5) is 0 Å². The minimum atomic E-state index is 0.160. The van der Waals surface area contributed by atoms with E-state index in [1.54, 1.807) is 0 Å². The van der Waals surface area contributed by atoms with Gasteiger partial charge in [0.2, 0.25) is 0 Å². The van der Waals surface area contributed by atoms with Crippen LogP contribution in [0, 0.1) is 0 Å². The van der Waals surface area contributed by atoms with Crippen LogP contribution in [0.3, 0.4) is 0 Å². The van der Waals surface area contributed by atoms with E-state index < -0.39 is 0 Å². The normalized spacial score (nSPS) is 11.9. The Morgan fingerprint density at radius 1 is 1.12 bits per heavy atom. The van der Waals surface area contributed by atoms with Gasteiger partial charge in [-0.05, 0) is 52.3 Å². The quantitative estimate of drug-likeness (QED) is 0.841. The van der Waals surface area contributed by atoms with Gasteiger partial charge in [-0.2, -0.15) is 0 Å². The van der Waals surface area contributed by atoms with Gasteiger partial charge >= 0.3 is 0 Å². The lowest BCUT2D eigenvalue weighted by Crippen LogP contribution is -2.35. The highest BCUT2D eigenvalue weighted by molar-refractivity contribution is 5.27. The molecule has 0 aliphatic heterocycles. The van der Waals surface area contributed by atoms with Gasteiger partial charge in [0, 0.05) is 12.1 Å². The summed E-state index contributed by atoms with van der Waals surface area (Å²) in [4.78, 5) is 0. The molecular formula is C14H23NO. The van der Waals surface area contributed by atoms with Gasteiger partial charge in [0.15, 0.2) is 0 Å². The maximum atomic E-state index is 5.59. The Kier molecular flexibility index (Phi) is 4.36. The first-order chi connectivity index (χ1) is 7.37. The van der Waals surface area contributed by atoms with Crippen LogP contribution in [0.15, 0.2) is 24.3 Å². The average molecular weight is 221 g/mol. The summed E-state index contributed by atoms with van der Waals surface area (Å²) in [6.07, 6.45) is 0.235. The Labute approximate surface area is 99.0 Å². The van der Waals surface area contributed by atoms with Gasteiger partial charge in [0.05, 0.1) is 6.10 Å². The zero-order valence-corrected chi connectivity index (χ0v) is 11.0. The lowest BCUT2D eigenvalue weighted by Gasteiger charge is -2.20. The molecule has 0 unspecified atom stereocenters. The van der Waals surface area contributed by atoms with Crippen molar-refractivity contribution >= 4 is 0 Å². The first-order valence-corrected chi connectivity index (χ1v) is 5.87. The molecule has 16 heavy (non-hydrogen) atoms. The number of rotatable bonds is 4. The number of benzene rings is 1.